The normalized spacial score (nSPS) is 17.4. The van der Waals surface area contributed by atoms with Gasteiger partial charge in [-0.3, -0.25) is 4.79 Å². The van der Waals surface area contributed by atoms with Gasteiger partial charge in [0.1, 0.15) is 28.2 Å². The second kappa shape index (κ2) is 7.29. The summed E-state index contributed by atoms with van der Waals surface area (Å²) in [6.45, 7) is 5.31. The van der Waals surface area contributed by atoms with Gasteiger partial charge in [0.05, 0.1) is 11.5 Å². The third-order valence-electron chi connectivity index (χ3n) is 5.62. The van der Waals surface area contributed by atoms with Crippen LogP contribution in [0.1, 0.15) is 49.5 Å². The van der Waals surface area contributed by atoms with Crippen molar-refractivity contribution in [2.24, 2.45) is 0 Å². The van der Waals surface area contributed by atoms with E-state index in [1.165, 1.54) is 6.07 Å². The average Bonchev–Trinajstić information content (AvgIpc) is 2.70. The number of aliphatic hydroxyl groups is 1. The fourth-order valence-corrected chi connectivity index (χ4v) is 3.95. The molecular formula is C24H24O6. The molecule has 1 aliphatic rings. The maximum Gasteiger partial charge on any atom is 0.336 e. The van der Waals surface area contributed by atoms with Crippen molar-refractivity contribution < 1.29 is 24.2 Å². The Labute approximate surface area is 173 Å². The summed E-state index contributed by atoms with van der Waals surface area (Å²) < 4.78 is 11.5. The van der Waals surface area contributed by atoms with Crippen LogP contribution >= 0.6 is 0 Å². The molecule has 30 heavy (non-hydrogen) atoms. The number of fused-ring (bicyclic) bond motifs is 3. The molecule has 2 N–H and O–H groups in total. The number of Topliss-reactive ketones (excluding diaryl/α,β-unsaturated/α-hetero) is 1. The minimum Gasteiger partial charge on any atom is -0.506 e. The lowest BCUT2D eigenvalue weighted by Gasteiger charge is -2.38. The summed E-state index contributed by atoms with van der Waals surface area (Å²) >= 11 is 0. The quantitative estimate of drug-likeness (QED) is 0.496. The largest absolute Gasteiger partial charge is 0.506 e. The molecule has 0 spiro atoms. The molecule has 6 heteroatoms. The summed E-state index contributed by atoms with van der Waals surface area (Å²) in [6, 6.07) is 10.4. The number of ether oxygens (including phenoxy) is 1. The minimum absolute atomic E-state index is 0.0744. The highest BCUT2D eigenvalue weighted by Crippen LogP contribution is 2.48. The van der Waals surface area contributed by atoms with Crippen LogP contribution in [0.4, 0.5) is 0 Å². The van der Waals surface area contributed by atoms with Crippen LogP contribution in [0.15, 0.2) is 45.6 Å². The molecule has 0 fully saturated rings. The number of phenols is 1. The fourth-order valence-electron chi connectivity index (χ4n) is 3.95. The van der Waals surface area contributed by atoms with Crippen molar-refractivity contribution in [3.8, 4) is 22.6 Å². The Balaban J connectivity index is 2.15. The standard InChI is InChI=1S/C24H24O6/c1-4-8-16(25)20-21(28)19-14(13-9-6-5-7-10-13)12-18(27)29-22(19)15-11-17(26)24(2,3)30-23(15)20/h5-7,9-10,12,17,26,28H,4,8,11H2,1-3H3. The zero-order valence-electron chi connectivity index (χ0n) is 17.2. The molecule has 1 aliphatic heterocycles. The first kappa shape index (κ1) is 20.2. The number of rotatable bonds is 4. The summed E-state index contributed by atoms with van der Waals surface area (Å²) in [4.78, 5) is 25.4. The third kappa shape index (κ3) is 3.17. The first-order valence-corrected chi connectivity index (χ1v) is 10.1. The summed E-state index contributed by atoms with van der Waals surface area (Å²) in [5.74, 6) is -0.343. The van der Waals surface area contributed by atoms with Crippen molar-refractivity contribution in [2.45, 2.75) is 51.7 Å². The topological polar surface area (TPSA) is 97.0 Å². The number of aromatic hydroxyl groups is 1. The van der Waals surface area contributed by atoms with E-state index in [1.807, 2.05) is 37.3 Å². The molecular weight excluding hydrogens is 384 g/mol. The van der Waals surface area contributed by atoms with E-state index >= 15 is 0 Å². The van der Waals surface area contributed by atoms with Crippen LogP contribution in [0.3, 0.4) is 0 Å². The monoisotopic (exact) mass is 408 g/mol. The molecule has 0 aliphatic carbocycles. The molecule has 6 nitrogen and oxygen atoms in total. The second-order valence-electron chi connectivity index (χ2n) is 8.18. The van der Waals surface area contributed by atoms with E-state index in [-0.39, 0.29) is 46.7 Å². The van der Waals surface area contributed by atoms with Crippen molar-refractivity contribution in [1.82, 2.24) is 0 Å². The van der Waals surface area contributed by atoms with Gasteiger partial charge in [-0.05, 0) is 25.8 Å². The van der Waals surface area contributed by atoms with E-state index in [1.54, 1.807) is 13.8 Å². The number of ketones is 1. The van der Waals surface area contributed by atoms with E-state index in [0.29, 0.717) is 23.1 Å². The van der Waals surface area contributed by atoms with Crippen LogP contribution in [0.25, 0.3) is 22.1 Å². The number of phenolic OH excluding ortho intramolecular Hbond substituents is 1. The molecule has 0 saturated carbocycles. The fraction of sp³-hybridized carbons (Fsp3) is 0.333. The number of aliphatic hydroxyl groups excluding tert-OH is 1. The lowest BCUT2D eigenvalue weighted by atomic mass is 9.86. The molecule has 3 aromatic rings. The predicted molar refractivity (Wildman–Crippen MR) is 113 cm³/mol. The van der Waals surface area contributed by atoms with Gasteiger partial charge >= 0.3 is 5.63 Å². The van der Waals surface area contributed by atoms with Crippen molar-refractivity contribution in [1.29, 1.82) is 0 Å². The lowest BCUT2D eigenvalue weighted by molar-refractivity contribution is -0.0414. The van der Waals surface area contributed by atoms with Crippen molar-refractivity contribution in [3.63, 3.8) is 0 Å². The number of benzene rings is 2. The van der Waals surface area contributed by atoms with Crippen molar-refractivity contribution in [3.05, 3.63) is 57.9 Å². The number of carbonyl (C=O) groups is 1. The van der Waals surface area contributed by atoms with Gasteiger partial charge in [0.15, 0.2) is 5.78 Å². The van der Waals surface area contributed by atoms with Gasteiger partial charge in [-0.15, -0.1) is 0 Å². The summed E-state index contributed by atoms with van der Waals surface area (Å²) in [5.41, 5.74) is 0.246. The number of hydrogen-bond donors (Lipinski definition) is 2. The Hall–Kier alpha value is -3.12. The van der Waals surface area contributed by atoms with E-state index in [9.17, 15) is 19.8 Å². The smallest absolute Gasteiger partial charge is 0.336 e. The lowest BCUT2D eigenvalue weighted by Crippen LogP contribution is -2.46. The van der Waals surface area contributed by atoms with Gasteiger partial charge in [0.25, 0.3) is 0 Å². The molecule has 2 heterocycles. The zero-order valence-corrected chi connectivity index (χ0v) is 17.2. The van der Waals surface area contributed by atoms with Gasteiger partial charge in [0.2, 0.25) is 0 Å². The minimum atomic E-state index is -0.967. The van der Waals surface area contributed by atoms with E-state index in [4.69, 9.17) is 9.15 Å². The highest BCUT2D eigenvalue weighted by Gasteiger charge is 2.41. The van der Waals surface area contributed by atoms with Crippen LogP contribution in [0.2, 0.25) is 0 Å². The molecule has 0 radical (unpaired) electrons. The van der Waals surface area contributed by atoms with Crippen LogP contribution in [-0.4, -0.2) is 27.7 Å². The number of hydrogen-bond acceptors (Lipinski definition) is 6. The second-order valence-corrected chi connectivity index (χ2v) is 8.18. The zero-order chi connectivity index (χ0) is 21.6. The molecule has 0 saturated heterocycles. The summed E-state index contributed by atoms with van der Waals surface area (Å²) in [7, 11) is 0. The predicted octanol–water partition coefficient (Wildman–Crippen LogP) is 4.22. The molecule has 2 aromatic carbocycles. The first-order valence-electron chi connectivity index (χ1n) is 10.1. The van der Waals surface area contributed by atoms with Gasteiger partial charge in [0, 0.05) is 30.0 Å². The van der Waals surface area contributed by atoms with Gasteiger partial charge in [-0.25, -0.2) is 4.79 Å². The van der Waals surface area contributed by atoms with Crippen LogP contribution in [0.5, 0.6) is 11.5 Å². The van der Waals surface area contributed by atoms with Crippen molar-refractivity contribution in [2.75, 3.05) is 0 Å². The van der Waals surface area contributed by atoms with E-state index in [0.717, 1.165) is 0 Å². The first-order chi connectivity index (χ1) is 14.2. The molecule has 0 amide bonds. The summed E-state index contributed by atoms with van der Waals surface area (Å²) in [5, 5.41) is 22.1. The van der Waals surface area contributed by atoms with Gasteiger partial charge in [-0.1, -0.05) is 37.3 Å². The highest BCUT2D eigenvalue weighted by molar-refractivity contribution is 6.11. The van der Waals surface area contributed by atoms with E-state index in [2.05, 4.69) is 0 Å². The van der Waals surface area contributed by atoms with Crippen molar-refractivity contribution >= 4 is 16.8 Å². The third-order valence-corrected chi connectivity index (χ3v) is 5.62. The summed E-state index contributed by atoms with van der Waals surface area (Å²) in [6.07, 6.45) is 0.0895. The molecule has 0 bridgehead atoms. The van der Waals surface area contributed by atoms with Crippen LogP contribution < -0.4 is 10.4 Å². The number of carbonyl (C=O) groups excluding carboxylic acids is 1. The average molecular weight is 408 g/mol. The SMILES string of the molecule is CCCC(=O)c1c2c(c3oc(=O)cc(-c4ccccc4)c3c1O)CC(O)C(C)(C)O2. The Kier molecular flexibility index (Phi) is 4.90. The highest BCUT2D eigenvalue weighted by atomic mass is 16.5. The molecule has 1 aromatic heterocycles. The molecule has 4 rings (SSSR count). The Morgan fingerprint density at radius 1 is 1.23 bits per heavy atom. The van der Waals surface area contributed by atoms with E-state index < -0.39 is 17.3 Å². The molecule has 1 unspecified atom stereocenters. The maximum atomic E-state index is 13.0. The van der Waals surface area contributed by atoms with Crippen LogP contribution in [0, 0.1) is 0 Å². The maximum absolute atomic E-state index is 13.0. The Bertz CT molecular complexity index is 1190. The van der Waals surface area contributed by atoms with Gasteiger partial charge in [-0.2, -0.15) is 0 Å². The Morgan fingerprint density at radius 3 is 2.60 bits per heavy atom. The Morgan fingerprint density at radius 2 is 1.93 bits per heavy atom. The molecule has 1 atom stereocenters. The van der Waals surface area contributed by atoms with Crippen LogP contribution in [-0.2, 0) is 6.42 Å². The molecule has 156 valence electrons. The van der Waals surface area contributed by atoms with Gasteiger partial charge < -0.3 is 19.4 Å².